The number of sulfonamides is 1. The molecule has 1 fully saturated rings. The summed E-state index contributed by atoms with van der Waals surface area (Å²) in [6, 6.07) is 4.42. The van der Waals surface area contributed by atoms with Gasteiger partial charge in [0, 0.05) is 13.1 Å². The first-order valence-corrected chi connectivity index (χ1v) is 7.70. The third-order valence-corrected chi connectivity index (χ3v) is 5.84. The zero-order valence-electron chi connectivity index (χ0n) is 9.71. The molecule has 1 saturated heterocycles. The van der Waals surface area contributed by atoms with Gasteiger partial charge in [-0.2, -0.15) is 4.31 Å². The lowest BCUT2D eigenvalue weighted by Crippen LogP contribution is -2.30. The minimum atomic E-state index is -3.86. The molecule has 0 bridgehead atoms. The van der Waals surface area contributed by atoms with E-state index in [1.165, 1.54) is 12.1 Å². The molecule has 1 aliphatic rings. The molecule has 1 aromatic carbocycles. The van der Waals surface area contributed by atoms with Crippen LogP contribution in [0.2, 0.25) is 10.0 Å². The number of nitrogens with zero attached hydrogens (tertiary/aromatic N) is 1. The summed E-state index contributed by atoms with van der Waals surface area (Å²) in [5, 5.41) is 8.97. The van der Waals surface area contributed by atoms with E-state index < -0.39 is 21.9 Å². The highest BCUT2D eigenvalue weighted by atomic mass is 35.5. The van der Waals surface area contributed by atoms with Crippen molar-refractivity contribution < 1.29 is 18.3 Å². The molecule has 19 heavy (non-hydrogen) atoms. The number of carbonyl (C=O) groups is 1. The highest BCUT2D eigenvalue weighted by molar-refractivity contribution is 7.89. The van der Waals surface area contributed by atoms with Gasteiger partial charge in [-0.1, -0.05) is 29.3 Å². The zero-order valence-corrected chi connectivity index (χ0v) is 12.0. The number of hydrogen-bond donors (Lipinski definition) is 1. The van der Waals surface area contributed by atoms with Crippen molar-refractivity contribution in [2.45, 2.75) is 11.3 Å². The van der Waals surface area contributed by atoms with Crippen LogP contribution in [0.5, 0.6) is 0 Å². The van der Waals surface area contributed by atoms with E-state index in [9.17, 15) is 13.2 Å². The SMILES string of the molecule is O=C(O)[C@H]1CCN(S(=O)(=O)c2c(Cl)cccc2Cl)C1. The van der Waals surface area contributed by atoms with Crippen LogP contribution in [0.25, 0.3) is 0 Å². The van der Waals surface area contributed by atoms with Gasteiger partial charge in [0.2, 0.25) is 10.0 Å². The molecule has 0 saturated carbocycles. The molecule has 8 heteroatoms. The van der Waals surface area contributed by atoms with Crippen LogP contribution in [0.1, 0.15) is 6.42 Å². The van der Waals surface area contributed by atoms with Crippen LogP contribution in [0.4, 0.5) is 0 Å². The van der Waals surface area contributed by atoms with Crippen LogP contribution < -0.4 is 0 Å². The van der Waals surface area contributed by atoms with Crippen LogP contribution in [-0.2, 0) is 14.8 Å². The second kappa shape index (κ2) is 5.28. The van der Waals surface area contributed by atoms with Crippen molar-refractivity contribution in [3.05, 3.63) is 28.2 Å². The number of carboxylic acid groups (broad SMARTS) is 1. The Morgan fingerprint density at radius 1 is 1.32 bits per heavy atom. The molecule has 0 amide bonds. The summed E-state index contributed by atoms with van der Waals surface area (Å²) in [6.45, 7) is 0.0973. The summed E-state index contributed by atoms with van der Waals surface area (Å²) in [5.74, 6) is -1.68. The molecule has 2 rings (SSSR count). The van der Waals surface area contributed by atoms with Crippen molar-refractivity contribution in [1.82, 2.24) is 4.31 Å². The molecule has 1 aromatic rings. The van der Waals surface area contributed by atoms with Crippen molar-refractivity contribution in [2.24, 2.45) is 5.92 Å². The van der Waals surface area contributed by atoms with Crippen LogP contribution in [0.3, 0.4) is 0 Å². The predicted molar refractivity (Wildman–Crippen MR) is 71.0 cm³/mol. The molecule has 0 radical (unpaired) electrons. The maximum Gasteiger partial charge on any atom is 0.307 e. The fraction of sp³-hybridized carbons (Fsp3) is 0.364. The number of rotatable bonds is 3. The van der Waals surface area contributed by atoms with Crippen LogP contribution in [-0.4, -0.2) is 36.9 Å². The lowest BCUT2D eigenvalue weighted by atomic mass is 10.1. The maximum absolute atomic E-state index is 12.4. The van der Waals surface area contributed by atoms with Gasteiger partial charge in [0.25, 0.3) is 0 Å². The second-order valence-corrected chi connectivity index (χ2v) is 6.93. The number of halogens is 2. The van der Waals surface area contributed by atoms with E-state index in [0.29, 0.717) is 0 Å². The van der Waals surface area contributed by atoms with Gasteiger partial charge in [0.15, 0.2) is 0 Å². The standard InChI is InChI=1S/C11H11Cl2NO4S/c12-8-2-1-3-9(13)10(8)19(17,18)14-5-4-7(6-14)11(15)16/h1-3,7H,4-6H2,(H,15,16)/t7-/m0/s1. The smallest absolute Gasteiger partial charge is 0.307 e. The maximum atomic E-state index is 12.4. The van der Waals surface area contributed by atoms with Crippen molar-refractivity contribution in [2.75, 3.05) is 13.1 Å². The third kappa shape index (κ3) is 2.72. The Kier molecular flexibility index (Phi) is 4.06. The van der Waals surface area contributed by atoms with Crippen molar-refractivity contribution in [3.8, 4) is 0 Å². The lowest BCUT2D eigenvalue weighted by Gasteiger charge is -2.17. The van der Waals surface area contributed by atoms with Gasteiger partial charge in [-0.3, -0.25) is 4.79 Å². The van der Waals surface area contributed by atoms with Gasteiger partial charge < -0.3 is 5.11 Å². The first-order valence-electron chi connectivity index (χ1n) is 5.51. The van der Waals surface area contributed by atoms with E-state index in [0.717, 1.165) is 4.31 Å². The molecule has 1 atom stereocenters. The van der Waals surface area contributed by atoms with E-state index in [1.54, 1.807) is 6.07 Å². The monoisotopic (exact) mass is 323 g/mol. The Hall–Kier alpha value is -0.820. The summed E-state index contributed by atoms with van der Waals surface area (Å²) in [6.07, 6.45) is 0.288. The molecule has 0 unspecified atom stereocenters. The highest BCUT2D eigenvalue weighted by Crippen LogP contribution is 2.33. The molecule has 0 aromatic heterocycles. The number of aliphatic carboxylic acids is 1. The lowest BCUT2D eigenvalue weighted by molar-refractivity contribution is -0.141. The molecule has 5 nitrogen and oxygen atoms in total. The summed E-state index contributed by atoms with van der Waals surface area (Å²) in [7, 11) is -3.86. The molecular formula is C11H11Cl2NO4S. The third-order valence-electron chi connectivity index (χ3n) is 3.02. The Morgan fingerprint density at radius 2 is 1.89 bits per heavy atom. The average molecular weight is 324 g/mol. The normalized spacial score (nSPS) is 20.6. The largest absolute Gasteiger partial charge is 0.481 e. The van der Waals surface area contributed by atoms with Gasteiger partial charge in [-0.25, -0.2) is 8.42 Å². The average Bonchev–Trinajstić information content (AvgIpc) is 2.78. The van der Waals surface area contributed by atoms with E-state index >= 15 is 0 Å². The summed E-state index contributed by atoms with van der Waals surface area (Å²) in [5.41, 5.74) is 0. The van der Waals surface area contributed by atoms with Crippen molar-refractivity contribution in [1.29, 1.82) is 0 Å². The first-order chi connectivity index (χ1) is 8.84. The van der Waals surface area contributed by atoms with Gasteiger partial charge in [-0.15, -0.1) is 0 Å². The van der Waals surface area contributed by atoms with E-state index in [4.69, 9.17) is 28.3 Å². The fourth-order valence-corrected chi connectivity index (χ4v) is 4.60. The molecule has 1 N–H and O–H groups in total. The van der Waals surface area contributed by atoms with Crippen LogP contribution in [0.15, 0.2) is 23.1 Å². The van der Waals surface area contributed by atoms with E-state index in [1.807, 2.05) is 0 Å². The van der Waals surface area contributed by atoms with Crippen molar-refractivity contribution in [3.63, 3.8) is 0 Å². The molecule has 0 spiro atoms. The quantitative estimate of drug-likeness (QED) is 0.924. The number of benzene rings is 1. The van der Waals surface area contributed by atoms with Gasteiger partial charge in [0.1, 0.15) is 4.90 Å². The van der Waals surface area contributed by atoms with Crippen LogP contribution in [0, 0.1) is 5.92 Å². The molecule has 104 valence electrons. The van der Waals surface area contributed by atoms with E-state index in [2.05, 4.69) is 0 Å². The minimum Gasteiger partial charge on any atom is -0.481 e. The topological polar surface area (TPSA) is 74.7 Å². The van der Waals surface area contributed by atoms with Gasteiger partial charge in [0.05, 0.1) is 16.0 Å². The molecular weight excluding hydrogens is 313 g/mol. The Labute approximate surface area is 120 Å². The van der Waals surface area contributed by atoms with Crippen molar-refractivity contribution >= 4 is 39.2 Å². The van der Waals surface area contributed by atoms with E-state index in [-0.39, 0.29) is 34.5 Å². The zero-order chi connectivity index (χ0) is 14.2. The Balaban J connectivity index is 2.37. The number of carboxylic acids is 1. The highest BCUT2D eigenvalue weighted by Gasteiger charge is 2.37. The molecule has 0 aliphatic carbocycles. The minimum absolute atomic E-state index is 0.0336. The predicted octanol–water partition coefficient (Wildman–Crippen LogP) is 2.09. The fourth-order valence-electron chi connectivity index (χ4n) is 2.01. The summed E-state index contributed by atoms with van der Waals surface area (Å²) < 4.78 is 25.9. The second-order valence-electron chi connectivity index (χ2n) is 4.24. The van der Waals surface area contributed by atoms with Crippen LogP contribution >= 0.6 is 23.2 Å². The molecule has 1 aliphatic heterocycles. The van der Waals surface area contributed by atoms with Gasteiger partial charge in [-0.05, 0) is 18.6 Å². The first kappa shape index (κ1) is 14.6. The summed E-state index contributed by atoms with van der Waals surface area (Å²) >= 11 is 11.8. The van der Waals surface area contributed by atoms with Gasteiger partial charge >= 0.3 is 5.97 Å². The molecule has 1 heterocycles. The Bertz CT molecular complexity index is 597. The number of hydrogen-bond acceptors (Lipinski definition) is 3. The summed E-state index contributed by atoms with van der Waals surface area (Å²) in [4.78, 5) is 10.7. The Morgan fingerprint density at radius 3 is 2.37 bits per heavy atom.